The minimum absolute atomic E-state index is 0.222. The summed E-state index contributed by atoms with van der Waals surface area (Å²) in [6.45, 7) is 13.1. The van der Waals surface area contributed by atoms with Crippen LogP contribution in [-0.4, -0.2) is 23.0 Å². The Balaban J connectivity index is 0. The third-order valence-electron chi connectivity index (χ3n) is 2.26. The molecule has 0 aromatic carbocycles. The van der Waals surface area contributed by atoms with E-state index < -0.39 is 0 Å². The molecule has 0 aromatic rings. The molecule has 1 aliphatic heterocycles. The van der Waals surface area contributed by atoms with Gasteiger partial charge in [0.25, 0.3) is 0 Å². The van der Waals surface area contributed by atoms with Crippen molar-refractivity contribution in [3.05, 3.63) is 0 Å². The molecule has 0 amide bonds. The number of hydrogen-bond acceptors (Lipinski definition) is 3. The van der Waals surface area contributed by atoms with Crippen molar-refractivity contribution in [2.75, 3.05) is 12.3 Å². The number of carbonyl (C=O) groups is 1. The number of rotatable bonds is 3. The zero-order valence-corrected chi connectivity index (χ0v) is 12.7. The van der Waals surface area contributed by atoms with Crippen LogP contribution in [0.1, 0.15) is 60.8 Å². The lowest BCUT2D eigenvalue weighted by Crippen LogP contribution is -2.43. The minimum Gasteiger partial charge on any atom is -0.304 e. The number of carbonyl (C=O) groups excluding carboxylic acids is 1. The van der Waals surface area contributed by atoms with Crippen LogP contribution in [0.4, 0.5) is 0 Å². The van der Waals surface area contributed by atoms with Crippen molar-refractivity contribution < 1.29 is 4.79 Å². The molecule has 0 aromatic heterocycles. The summed E-state index contributed by atoms with van der Waals surface area (Å²) >= 11 is 1.47. The summed E-state index contributed by atoms with van der Waals surface area (Å²) in [6.07, 6.45) is 3.21. The van der Waals surface area contributed by atoms with Gasteiger partial charge in [0.15, 0.2) is 0 Å². The first kappa shape index (κ1) is 18.3. The SMILES string of the molecule is CC.CC.CCCSC(=O)C1(C)CCCN1. The Morgan fingerprint density at radius 1 is 1.31 bits per heavy atom. The molecule has 0 radical (unpaired) electrons. The highest BCUT2D eigenvalue weighted by Crippen LogP contribution is 2.25. The summed E-state index contributed by atoms with van der Waals surface area (Å²) in [6, 6.07) is 0. The Morgan fingerprint density at radius 3 is 2.25 bits per heavy atom. The summed E-state index contributed by atoms with van der Waals surface area (Å²) in [4.78, 5) is 11.6. The molecule has 1 N–H and O–H groups in total. The molecule has 1 fully saturated rings. The molecule has 1 saturated heterocycles. The first-order valence-corrected chi connectivity index (χ1v) is 7.60. The van der Waals surface area contributed by atoms with Crippen LogP contribution in [0, 0.1) is 0 Å². The van der Waals surface area contributed by atoms with Crippen LogP contribution in [0.5, 0.6) is 0 Å². The maximum absolute atomic E-state index is 11.6. The van der Waals surface area contributed by atoms with Crippen molar-refractivity contribution in [1.29, 1.82) is 0 Å². The monoisotopic (exact) mass is 247 g/mol. The quantitative estimate of drug-likeness (QED) is 0.821. The Bertz CT molecular complexity index is 165. The highest BCUT2D eigenvalue weighted by Gasteiger charge is 2.35. The predicted octanol–water partition coefficient (Wildman–Crippen LogP) is 3.85. The van der Waals surface area contributed by atoms with E-state index in [1.165, 1.54) is 11.8 Å². The van der Waals surface area contributed by atoms with Gasteiger partial charge in [-0.25, -0.2) is 0 Å². The highest BCUT2D eigenvalue weighted by atomic mass is 32.2. The van der Waals surface area contributed by atoms with E-state index in [2.05, 4.69) is 12.2 Å². The maximum atomic E-state index is 11.6. The first-order valence-electron chi connectivity index (χ1n) is 6.61. The van der Waals surface area contributed by atoms with Crippen molar-refractivity contribution in [1.82, 2.24) is 5.32 Å². The van der Waals surface area contributed by atoms with Gasteiger partial charge in [0.2, 0.25) is 5.12 Å². The largest absolute Gasteiger partial charge is 0.304 e. The first-order chi connectivity index (χ1) is 7.69. The molecule has 1 aliphatic rings. The molecule has 0 aliphatic carbocycles. The smallest absolute Gasteiger partial charge is 0.208 e. The van der Waals surface area contributed by atoms with Gasteiger partial charge < -0.3 is 5.32 Å². The molecular weight excluding hydrogens is 218 g/mol. The molecule has 98 valence electrons. The van der Waals surface area contributed by atoms with Crippen LogP contribution >= 0.6 is 11.8 Å². The van der Waals surface area contributed by atoms with Crippen molar-refractivity contribution in [2.45, 2.75) is 66.3 Å². The van der Waals surface area contributed by atoms with Gasteiger partial charge in [-0.3, -0.25) is 4.79 Å². The molecule has 1 atom stereocenters. The molecule has 0 spiro atoms. The topological polar surface area (TPSA) is 29.1 Å². The predicted molar refractivity (Wildman–Crippen MR) is 76.1 cm³/mol. The van der Waals surface area contributed by atoms with Gasteiger partial charge in [-0.15, -0.1) is 0 Å². The lowest BCUT2D eigenvalue weighted by molar-refractivity contribution is -0.115. The standard InChI is InChI=1S/C9H17NOS.2C2H6/c1-3-7-12-8(11)9(2)5-4-6-10-9;2*1-2/h10H,3-7H2,1-2H3;2*1-2H3. The third-order valence-corrected chi connectivity index (χ3v) is 3.58. The lowest BCUT2D eigenvalue weighted by atomic mass is 10.0. The van der Waals surface area contributed by atoms with E-state index in [4.69, 9.17) is 0 Å². The Morgan fingerprint density at radius 2 is 1.88 bits per heavy atom. The van der Waals surface area contributed by atoms with Gasteiger partial charge in [0.05, 0.1) is 5.54 Å². The van der Waals surface area contributed by atoms with Crippen molar-refractivity contribution in [3.8, 4) is 0 Å². The molecule has 1 heterocycles. The van der Waals surface area contributed by atoms with E-state index in [-0.39, 0.29) is 5.54 Å². The normalized spacial score (nSPS) is 22.6. The van der Waals surface area contributed by atoms with E-state index in [9.17, 15) is 4.79 Å². The fraction of sp³-hybridized carbons (Fsp3) is 0.923. The second-order valence-corrected chi connectivity index (χ2v) is 4.57. The second kappa shape index (κ2) is 11.5. The van der Waals surface area contributed by atoms with Crippen molar-refractivity contribution in [3.63, 3.8) is 0 Å². The number of nitrogens with one attached hydrogen (secondary N) is 1. The van der Waals surface area contributed by atoms with Gasteiger partial charge >= 0.3 is 0 Å². The van der Waals surface area contributed by atoms with E-state index >= 15 is 0 Å². The zero-order valence-electron chi connectivity index (χ0n) is 11.9. The second-order valence-electron chi connectivity index (χ2n) is 3.50. The number of thioether (sulfide) groups is 1. The summed E-state index contributed by atoms with van der Waals surface area (Å²) in [7, 11) is 0. The Labute approximate surface area is 106 Å². The molecule has 1 rings (SSSR count). The highest BCUT2D eigenvalue weighted by molar-refractivity contribution is 8.13. The molecule has 2 nitrogen and oxygen atoms in total. The molecule has 1 unspecified atom stereocenters. The average Bonchev–Trinajstić information content (AvgIpc) is 2.79. The summed E-state index contributed by atoms with van der Waals surface area (Å²) in [5, 5.41) is 3.59. The van der Waals surface area contributed by atoms with Crippen LogP contribution in [0.3, 0.4) is 0 Å². The van der Waals surface area contributed by atoms with E-state index in [1.54, 1.807) is 0 Å². The molecule has 3 heteroatoms. The Hall–Kier alpha value is -0.0200. The van der Waals surface area contributed by atoms with Gasteiger partial charge in [-0.2, -0.15) is 0 Å². The minimum atomic E-state index is -0.222. The molecule has 16 heavy (non-hydrogen) atoms. The fourth-order valence-corrected chi connectivity index (χ4v) is 2.31. The Kier molecular flexibility index (Phi) is 13.1. The molecule has 0 bridgehead atoms. The summed E-state index contributed by atoms with van der Waals surface area (Å²) in [5.74, 6) is 0.954. The van der Waals surface area contributed by atoms with E-state index in [0.717, 1.165) is 31.6 Å². The van der Waals surface area contributed by atoms with Crippen LogP contribution < -0.4 is 5.32 Å². The van der Waals surface area contributed by atoms with Gasteiger partial charge in [0, 0.05) is 5.75 Å². The number of hydrogen-bond donors (Lipinski definition) is 1. The van der Waals surface area contributed by atoms with Crippen LogP contribution in [-0.2, 0) is 4.79 Å². The van der Waals surface area contributed by atoms with Crippen molar-refractivity contribution >= 4 is 16.9 Å². The van der Waals surface area contributed by atoms with Crippen molar-refractivity contribution in [2.24, 2.45) is 0 Å². The van der Waals surface area contributed by atoms with Crippen LogP contribution in [0.25, 0.3) is 0 Å². The lowest BCUT2D eigenvalue weighted by Gasteiger charge is -2.21. The van der Waals surface area contributed by atoms with Gasteiger partial charge in [-0.05, 0) is 32.7 Å². The van der Waals surface area contributed by atoms with Crippen LogP contribution in [0.2, 0.25) is 0 Å². The summed E-state index contributed by atoms with van der Waals surface area (Å²) < 4.78 is 0. The average molecular weight is 247 g/mol. The van der Waals surface area contributed by atoms with Gasteiger partial charge in [-0.1, -0.05) is 46.4 Å². The van der Waals surface area contributed by atoms with E-state index in [1.807, 2.05) is 34.6 Å². The molecule has 0 saturated carbocycles. The maximum Gasteiger partial charge on any atom is 0.208 e. The van der Waals surface area contributed by atoms with Gasteiger partial charge in [0.1, 0.15) is 0 Å². The fourth-order valence-electron chi connectivity index (χ4n) is 1.42. The molecular formula is C13H29NOS. The third kappa shape index (κ3) is 6.54. The van der Waals surface area contributed by atoms with Crippen LogP contribution in [0.15, 0.2) is 0 Å². The van der Waals surface area contributed by atoms with E-state index in [0.29, 0.717) is 5.12 Å². The zero-order chi connectivity index (χ0) is 13.0. The summed E-state index contributed by atoms with van der Waals surface area (Å²) in [5.41, 5.74) is -0.222.